The van der Waals surface area contributed by atoms with Crippen LogP contribution in [0.2, 0.25) is 0 Å². The molecule has 1 aliphatic carbocycles. The maximum absolute atomic E-state index is 9.08. The van der Waals surface area contributed by atoms with Gasteiger partial charge in [0.15, 0.2) is 0 Å². The van der Waals surface area contributed by atoms with Crippen LogP contribution in [0.4, 0.5) is 0 Å². The van der Waals surface area contributed by atoms with E-state index in [4.69, 9.17) is 9.84 Å². The standard InChI is InChI=1S/C16H25NO2/c1-12(17-16(8-9-18)11-19-2)14-7-6-13-4-3-5-15(13)10-14/h6-7,10,12,16-18H,3-5,8-9,11H2,1-2H3. The third kappa shape index (κ3) is 3.78. The highest BCUT2D eigenvalue weighted by atomic mass is 16.5. The van der Waals surface area contributed by atoms with Crippen LogP contribution in [-0.2, 0) is 17.6 Å². The van der Waals surface area contributed by atoms with Crippen LogP contribution in [0.15, 0.2) is 18.2 Å². The molecule has 0 spiro atoms. The molecule has 1 aromatic carbocycles. The van der Waals surface area contributed by atoms with E-state index in [0.29, 0.717) is 6.61 Å². The first-order chi connectivity index (χ1) is 9.24. The molecule has 1 aliphatic rings. The lowest BCUT2D eigenvalue weighted by Crippen LogP contribution is -2.36. The minimum Gasteiger partial charge on any atom is -0.396 e. The Morgan fingerprint density at radius 1 is 1.32 bits per heavy atom. The topological polar surface area (TPSA) is 41.5 Å². The smallest absolute Gasteiger partial charge is 0.0616 e. The molecular weight excluding hydrogens is 238 g/mol. The van der Waals surface area contributed by atoms with Crippen molar-refractivity contribution in [1.29, 1.82) is 0 Å². The van der Waals surface area contributed by atoms with Crippen molar-refractivity contribution < 1.29 is 9.84 Å². The maximum atomic E-state index is 9.08. The molecule has 2 N–H and O–H groups in total. The van der Waals surface area contributed by atoms with Crippen LogP contribution < -0.4 is 5.32 Å². The number of hydrogen-bond donors (Lipinski definition) is 2. The fourth-order valence-corrected chi connectivity index (χ4v) is 2.88. The zero-order valence-corrected chi connectivity index (χ0v) is 12.0. The predicted molar refractivity (Wildman–Crippen MR) is 77.4 cm³/mol. The van der Waals surface area contributed by atoms with Gasteiger partial charge in [-0.15, -0.1) is 0 Å². The first-order valence-corrected chi connectivity index (χ1v) is 7.22. The number of hydrogen-bond acceptors (Lipinski definition) is 3. The molecule has 0 heterocycles. The van der Waals surface area contributed by atoms with Crippen LogP contribution in [0.25, 0.3) is 0 Å². The van der Waals surface area contributed by atoms with Gasteiger partial charge in [0.2, 0.25) is 0 Å². The number of benzene rings is 1. The lowest BCUT2D eigenvalue weighted by molar-refractivity contribution is 0.143. The number of aliphatic hydroxyl groups is 1. The van der Waals surface area contributed by atoms with Gasteiger partial charge in [0.05, 0.1) is 6.61 Å². The number of ether oxygens (including phenoxy) is 1. The minimum atomic E-state index is 0.192. The molecule has 2 rings (SSSR count). The summed E-state index contributed by atoms with van der Waals surface area (Å²) in [5.41, 5.74) is 4.36. The van der Waals surface area contributed by atoms with E-state index in [2.05, 4.69) is 30.4 Å². The third-order valence-electron chi connectivity index (χ3n) is 3.95. The second-order valence-electron chi connectivity index (χ2n) is 5.43. The molecule has 19 heavy (non-hydrogen) atoms. The van der Waals surface area contributed by atoms with Crippen LogP contribution in [-0.4, -0.2) is 31.5 Å². The molecule has 106 valence electrons. The molecule has 0 saturated carbocycles. The number of aliphatic hydroxyl groups excluding tert-OH is 1. The second kappa shape index (κ2) is 7.04. The lowest BCUT2D eigenvalue weighted by atomic mass is 10.0. The van der Waals surface area contributed by atoms with Gasteiger partial charge in [-0.2, -0.15) is 0 Å². The number of fused-ring (bicyclic) bond motifs is 1. The number of nitrogens with one attached hydrogen (secondary N) is 1. The molecule has 0 fully saturated rings. The SMILES string of the molecule is COCC(CCO)NC(C)c1ccc2c(c1)CCC2. The number of aryl methyl sites for hydroxylation is 2. The number of rotatable bonds is 7. The molecule has 2 atom stereocenters. The monoisotopic (exact) mass is 263 g/mol. The van der Waals surface area contributed by atoms with Crippen molar-refractivity contribution in [3.05, 3.63) is 34.9 Å². The summed E-state index contributed by atoms with van der Waals surface area (Å²) in [6.07, 6.45) is 4.46. The quantitative estimate of drug-likeness (QED) is 0.792. The van der Waals surface area contributed by atoms with Crippen molar-refractivity contribution in [2.24, 2.45) is 0 Å². The highest BCUT2D eigenvalue weighted by Crippen LogP contribution is 2.25. The van der Waals surface area contributed by atoms with E-state index in [9.17, 15) is 0 Å². The predicted octanol–water partition coefficient (Wildman–Crippen LogP) is 2.22. The molecule has 3 nitrogen and oxygen atoms in total. The Morgan fingerprint density at radius 3 is 2.84 bits per heavy atom. The molecule has 0 aliphatic heterocycles. The maximum Gasteiger partial charge on any atom is 0.0616 e. The van der Waals surface area contributed by atoms with E-state index < -0.39 is 0 Å². The first kappa shape index (κ1) is 14.5. The van der Waals surface area contributed by atoms with Crippen LogP contribution in [0.5, 0.6) is 0 Å². The van der Waals surface area contributed by atoms with E-state index in [1.165, 1.54) is 36.0 Å². The molecule has 0 radical (unpaired) electrons. The lowest BCUT2D eigenvalue weighted by Gasteiger charge is -2.23. The summed E-state index contributed by atoms with van der Waals surface area (Å²) < 4.78 is 5.19. The Labute approximate surface area is 116 Å². The summed E-state index contributed by atoms with van der Waals surface area (Å²) in [7, 11) is 1.70. The third-order valence-corrected chi connectivity index (χ3v) is 3.95. The number of methoxy groups -OCH3 is 1. The summed E-state index contributed by atoms with van der Waals surface area (Å²) in [5.74, 6) is 0. The fourth-order valence-electron chi connectivity index (χ4n) is 2.88. The van der Waals surface area contributed by atoms with Crippen molar-refractivity contribution in [3.63, 3.8) is 0 Å². The zero-order valence-electron chi connectivity index (χ0n) is 12.0. The van der Waals surface area contributed by atoms with Crippen molar-refractivity contribution in [2.75, 3.05) is 20.3 Å². The van der Waals surface area contributed by atoms with Gasteiger partial charge in [-0.1, -0.05) is 18.2 Å². The van der Waals surface area contributed by atoms with Crippen LogP contribution >= 0.6 is 0 Å². The van der Waals surface area contributed by atoms with Crippen molar-refractivity contribution in [3.8, 4) is 0 Å². The molecule has 0 aromatic heterocycles. The molecule has 0 bridgehead atoms. The van der Waals surface area contributed by atoms with Gasteiger partial charge in [-0.3, -0.25) is 0 Å². The summed E-state index contributed by atoms with van der Waals surface area (Å²) in [5, 5.41) is 12.6. The van der Waals surface area contributed by atoms with E-state index in [1.54, 1.807) is 7.11 Å². The fraction of sp³-hybridized carbons (Fsp3) is 0.625. The summed E-state index contributed by atoms with van der Waals surface area (Å²) in [6.45, 7) is 3.00. The molecule has 1 aromatic rings. The minimum absolute atomic E-state index is 0.192. The Kier molecular flexibility index (Phi) is 5.37. The molecular formula is C16H25NO2. The highest BCUT2D eigenvalue weighted by Gasteiger charge is 2.16. The summed E-state index contributed by atoms with van der Waals surface area (Å²) >= 11 is 0. The van der Waals surface area contributed by atoms with Crippen LogP contribution in [0.1, 0.15) is 42.5 Å². The molecule has 0 saturated heterocycles. The van der Waals surface area contributed by atoms with Gasteiger partial charge in [-0.25, -0.2) is 0 Å². The molecule has 3 heteroatoms. The average Bonchev–Trinajstić information content (AvgIpc) is 2.86. The van der Waals surface area contributed by atoms with E-state index >= 15 is 0 Å². The highest BCUT2D eigenvalue weighted by molar-refractivity contribution is 5.36. The normalized spacial score (nSPS) is 17.2. The van der Waals surface area contributed by atoms with Gasteiger partial charge in [0, 0.05) is 25.8 Å². The Balaban J connectivity index is 2.00. The van der Waals surface area contributed by atoms with Crippen molar-refractivity contribution in [1.82, 2.24) is 5.32 Å². The van der Waals surface area contributed by atoms with Gasteiger partial charge in [0.25, 0.3) is 0 Å². The Hall–Kier alpha value is -0.900. The second-order valence-corrected chi connectivity index (χ2v) is 5.43. The Morgan fingerprint density at radius 2 is 2.11 bits per heavy atom. The van der Waals surface area contributed by atoms with Crippen molar-refractivity contribution in [2.45, 2.75) is 44.7 Å². The first-order valence-electron chi connectivity index (χ1n) is 7.22. The van der Waals surface area contributed by atoms with Gasteiger partial charge in [0.1, 0.15) is 0 Å². The van der Waals surface area contributed by atoms with Crippen molar-refractivity contribution >= 4 is 0 Å². The van der Waals surface area contributed by atoms with Gasteiger partial charge < -0.3 is 15.2 Å². The summed E-state index contributed by atoms with van der Waals surface area (Å²) in [6, 6.07) is 7.33. The van der Waals surface area contributed by atoms with E-state index in [-0.39, 0.29) is 18.7 Å². The van der Waals surface area contributed by atoms with Crippen LogP contribution in [0, 0.1) is 0 Å². The van der Waals surface area contributed by atoms with E-state index in [0.717, 1.165) is 6.42 Å². The van der Waals surface area contributed by atoms with Gasteiger partial charge >= 0.3 is 0 Å². The largest absolute Gasteiger partial charge is 0.396 e. The zero-order chi connectivity index (χ0) is 13.7. The molecule has 0 amide bonds. The van der Waals surface area contributed by atoms with Gasteiger partial charge in [-0.05, 0) is 49.3 Å². The van der Waals surface area contributed by atoms with E-state index in [1.807, 2.05) is 0 Å². The summed E-state index contributed by atoms with van der Waals surface area (Å²) in [4.78, 5) is 0. The Bertz CT molecular complexity index is 400. The van der Waals surface area contributed by atoms with Crippen LogP contribution in [0.3, 0.4) is 0 Å². The molecule has 2 unspecified atom stereocenters. The average molecular weight is 263 g/mol.